The number of halogens is 2. The molecule has 1 rings (SSSR count). The Morgan fingerprint density at radius 1 is 1.45 bits per heavy atom. The van der Waals surface area contributed by atoms with Crippen LogP contribution >= 0.6 is 27.5 Å². The standard InChI is InChI=1S/C13H16BrClN2O3/c1-3-6-13(2,11(18)19)17-12(20)16-8-4-5-10(15)9(14)7-8/h4-5,7H,3,6H2,1-2H3,(H,18,19)(H2,16,17,20). The molecule has 110 valence electrons. The topological polar surface area (TPSA) is 78.4 Å². The minimum atomic E-state index is -1.29. The predicted molar refractivity (Wildman–Crippen MR) is 82.3 cm³/mol. The highest BCUT2D eigenvalue weighted by molar-refractivity contribution is 9.10. The van der Waals surface area contributed by atoms with E-state index in [2.05, 4.69) is 26.6 Å². The first-order valence-corrected chi connectivity index (χ1v) is 7.23. The van der Waals surface area contributed by atoms with Crippen molar-refractivity contribution < 1.29 is 14.7 Å². The van der Waals surface area contributed by atoms with E-state index >= 15 is 0 Å². The summed E-state index contributed by atoms with van der Waals surface area (Å²) in [4.78, 5) is 23.1. The predicted octanol–water partition coefficient (Wildman–Crippen LogP) is 3.87. The fraction of sp³-hybridized carbons (Fsp3) is 0.385. The van der Waals surface area contributed by atoms with Gasteiger partial charge in [-0.25, -0.2) is 9.59 Å². The Bertz CT molecular complexity index is 524. The van der Waals surface area contributed by atoms with Crippen LogP contribution in [0.5, 0.6) is 0 Å². The second-order valence-electron chi connectivity index (χ2n) is 4.60. The molecule has 0 fully saturated rings. The Labute approximate surface area is 130 Å². The molecule has 0 spiro atoms. The normalized spacial score (nSPS) is 13.4. The number of amides is 2. The van der Waals surface area contributed by atoms with Gasteiger partial charge in [0.2, 0.25) is 0 Å². The molecule has 1 aromatic carbocycles. The first-order chi connectivity index (χ1) is 9.28. The minimum absolute atomic E-state index is 0.347. The molecule has 2 amide bonds. The number of carbonyl (C=O) groups excluding carboxylic acids is 1. The molecule has 20 heavy (non-hydrogen) atoms. The fourth-order valence-electron chi connectivity index (χ4n) is 1.71. The summed E-state index contributed by atoms with van der Waals surface area (Å²) in [6, 6.07) is 4.33. The number of anilines is 1. The van der Waals surface area contributed by atoms with Gasteiger partial charge in [-0.1, -0.05) is 24.9 Å². The Morgan fingerprint density at radius 2 is 2.10 bits per heavy atom. The SMILES string of the molecule is CCCC(C)(NC(=O)Nc1ccc(Cl)c(Br)c1)C(=O)O. The second kappa shape index (κ2) is 6.95. The average Bonchev–Trinajstić information content (AvgIpc) is 2.33. The zero-order valence-electron chi connectivity index (χ0n) is 11.2. The number of aliphatic carboxylic acids is 1. The molecule has 0 saturated carbocycles. The van der Waals surface area contributed by atoms with Crippen molar-refractivity contribution in [2.45, 2.75) is 32.2 Å². The number of urea groups is 1. The highest BCUT2D eigenvalue weighted by Crippen LogP contribution is 2.25. The summed E-state index contributed by atoms with van der Waals surface area (Å²) < 4.78 is 0.645. The van der Waals surface area contributed by atoms with Gasteiger partial charge < -0.3 is 15.7 Å². The van der Waals surface area contributed by atoms with Crippen molar-refractivity contribution >= 4 is 45.2 Å². The third-order valence-electron chi connectivity index (χ3n) is 2.79. The Balaban J connectivity index is 2.75. The molecule has 0 radical (unpaired) electrons. The molecular formula is C13H16BrClN2O3. The summed E-state index contributed by atoms with van der Waals surface area (Å²) in [5.74, 6) is -1.06. The van der Waals surface area contributed by atoms with Gasteiger partial charge in [0.1, 0.15) is 5.54 Å². The maximum atomic E-state index is 11.9. The van der Waals surface area contributed by atoms with E-state index < -0.39 is 17.5 Å². The fourth-order valence-corrected chi connectivity index (χ4v) is 2.21. The van der Waals surface area contributed by atoms with Crippen LogP contribution in [0.1, 0.15) is 26.7 Å². The first-order valence-electron chi connectivity index (χ1n) is 6.06. The zero-order valence-corrected chi connectivity index (χ0v) is 13.5. The molecule has 0 aliphatic rings. The van der Waals surface area contributed by atoms with Gasteiger partial charge in [-0.2, -0.15) is 0 Å². The third kappa shape index (κ3) is 4.38. The number of carboxylic acid groups (broad SMARTS) is 1. The van der Waals surface area contributed by atoms with Crippen LogP contribution in [0.4, 0.5) is 10.5 Å². The van der Waals surface area contributed by atoms with Crippen molar-refractivity contribution in [2.24, 2.45) is 0 Å². The Morgan fingerprint density at radius 3 is 2.60 bits per heavy atom. The molecular weight excluding hydrogens is 348 g/mol. The number of carboxylic acids is 1. The van der Waals surface area contributed by atoms with Gasteiger partial charge in [0, 0.05) is 10.2 Å². The molecule has 0 aromatic heterocycles. The molecule has 0 heterocycles. The quantitative estimate of drug-likeness (QED) is 0.743. The van der Waals surface area contributed by atoms with Crippen molar-refractivity contribution in [1.82, 2.24) is 5.32 Å². The molecule has 7 heteroatoms. The van der Waals surface area contributed by atoms with Gasteiger partial charge in [-0.05, 0) is 47.5 Å². The van der Waals surface area contributed by atoms with Crippen LogP contribution in [0, 0.1) is 0 Å². The zero-order chi connectivity index (χ0) is 15.3. The van der Waals surface area contributed by atoms with E-state index in [1.165, 1.54) is 6.92 Å². The summed E-state index contributed by atoms with van der Waals surface area (Å²) in [5.41, 5.74) is -0.773. The molecule has 0 aliphatic carbocycles. The number of nitrogens with one attached hydrogen (secondary N) is 2. The van der Waals surface area contributed by atoms with Gasteiger partial charge in [0.25, 0.3) is 0 Å². The van der Waals surface area contributed by atoms with Gasteiger partial charge in [0.15, 0.2) is 0 Å². The van der Waals surface area contributed by atoms with Crippen LogP contribution in [0.15, 0.2) is 22.7 Å². The lowest BCUT2D eigenvalue weighted by molar-refractivity contribution is -0.143. The lowest BCUT2D eigenvalue weighted by atomic mass is 9.97. The van der Waals surface area contributed by atoms with Crippen molar-refractivity contribution in [2.75, 3.05) is 5.32 Å². The molecule has 1 atom stereocenters. The highest BCUT2D eigenvalue weighted by atomic mass is 79.9. The number of benzene rings is 1. The molecule has 0 saturated heterocycles. The molecule has 1 aromatic rings. The van der Waals surface area contributed by atoms with Gasteiger partial charge in [-0.15, -0.1) is 0 Å². The average molecular weight is 364 g/mol. The first kappa shape index (κ1) is 16.8. The summed E-state index contributed by atoms with van der Waals surface area (Å²) in [6.45, 7) is 3.34. The Kier molecular flexibility index (Phi) is 5.83. The number of hydrogen-bond donors (Lipinski definition) is 3. The van der Waals surface area contributed by atoms with Crippen LogP contribution in [-0.4, -0.2) is 22.6 Å². The van der Waals surface area contributed by atoms with E-state index in [4.69, 9.17) is 11.6 Å². The van der Waals surface area contributed by atoms with E-state index in [-0.39, 0.29) is 0 Å². The van der Waals surface area contributed by atoms with Crippen molar-refractivity contribution in [1.29, 1.82) is 0 Å². The third-order valence-corrected chi connectivity index (χ3v) is 4.00. The maximum absolute atomic E-state index is 11.9. The number of hydrogen-bond acceptors (Lipinski definition) is 2. The summed E-state index contributed by atoms with van der Waals surface area (Å²) in [5, 5.41) is 14.8. The smallest absolute Gasteiger partial charge is 0.329 e. The molecule has 3 N–H and O–H groups in total. The summed E-state index contributed by atoms with van der Waals surface area (Å²) in [6.07, 6.45) is 0.996. The van der Waals surface area contributed by atoms with Gasteiger partial charge >= 0.3 is 12.0 Å². The van der Waals surface area contributed by atoms with Crippen molar-refractivity contribution in [3.63, 3.8) is 0 Å². The molecule has 1 unspecified atom stereocenters. The number of rotatable bonds is 5. The van der Waals surface area contributed by atoms with E-state index in [1.807, 2.05) is 6.92 Å². The van der Waals surface area contributed by atoms with Gasteiger partial charge in [-0.3, -0.25) is 0 Å². The summed E-state index contributed by atoms with van der Waals surface area (Å²) in [7, 11) is 0. The van der Waals surface area contributed by atoms with Crippen LogP contribution in [0.3, 0.4) is 0 Å². The monoisotopic (exact) mass is 362 g/mol. The van der Waals surface area contributed by atoms with E-state index in [9.17, 15) is 14.7 Å². The molecule has 5 nitrogen and oxygen atoms in total. The van der Waals surface area contributed by atoms with Crippen LogP contribution < -0.4 is 10.6 Å². The van der Waals surface area contributed by atoms with E-state index in [1.54, 1.807) is 18.2 Å². The van der Waals surface area contributed by atoms with Crippen LogP contribution in [0.25, 0.3) is 0 Å². The van der Waals surface area contributed by atoms with Crippen LogP contribution in [-0.2, 0) is 4.79 Å². The minimum Gasteiger partial charge on any atom is -0.480 e. The molecule has 0 bridgehead atoms. The Hall–Kier alpha value is -1.27. The van der Waals surface area contributed by atoms with Crippen LogP contribution in [0.2, 0.25) is 5.02 Å². The largest absolute Gasteiger partial charge is 0.480 e. The lowest BCUT2D eigenvalue weighted by Gasteiger charge is -2.25. The number of carbonyl (C=O) groups is 2. The summed E-state index contributed by atoms with van der Waals surface area (Å²) >= 11 is 9.10. The van der Waals surface area contributed by atoms with Crippen molar-refractivity contribution in [3.8, 4) is 0 Å². The highest BCUT2D eigenvalue weighted by Gasteiger charge is 2.33. The second-order valence-corrected chi connectivity index (χ2v) is 5.86. The molecule has 0 aliphatic heterocycles. The lowest BCUT2D eigenvalue weighted by Crippen LogP contribution is -2.53. The maximum Gasteiger partial charge on any atom is 0.329 e. The van der Waals surface area contributed by atoms with Crippen molar-refractivity contribution in [3.05, 3.63) is 27.7 Å². The van der Waals surface area contributed by atoms with E-state index in [0.717, 1.165) is 0 Å². The van der Waals surface area contributed by atoms with Gasteiger partial charge in [0.05, 0.1) is 5.02 Å². The van der Waals surface area contributed by atoms with E-state index in [0.29, 0.717) is 28.0 Å².